The Morgan fingerprint density at radius 2 is 1.90 bits per heavy atom. The van der Waals surface area contributed by atoms with Gasteiger partial charge in [0.15, 0.2) is 0 Å². The molecule has 0 aromatic rings. The first-order valence-electron chi connectivity index (χ1n) is 3.10. The molecule has 0 atom stereocenters. The van der Waals surface area contributed by atoms with Gasteiger partial charge in [0.1, 0.15) is 0 Å². The smallest absolute Gasteiger partial charge is 0.331 e. The van der Waals surface area contributed by atoms with Crippen LogP contribution in [0.25, 0.3) is 0 Å². The Hall–Kier alpha value is -0.830. The van der Waals surface area contributed by atoms with Crippen molar-refractivity contribution in [2.24, 2.45) is 0 Å². The summed E-state index contributed by atoms with van der Waals surface area (Å²) in [5, 5.41) is 16.9. The molecule has 0 bridgehead atoms. The van der Waals surface area contributed by atoms with Gasteiger partial charge in [-0.1, -0.05) is 5.57 Å². The molecule has 0 aliphatic carbocycles. The van der Waals surface area contributed by atoms with Crippen LogP contribution in [0.3, 0.4) is 0 Å². The molecule has 0 aliphatic heterocycles. The number of hydrogen-bond acceptors (Lipinski definition) is 2. The van der Waals surface area contributed by atoms with E-state index in [9.17, 15) is 4.79 Å². The summed E-state index contributed by atoms with van der Waals surface area (Å²) in [4.78, 5) is 10.4. The highest BCUT2D eigenvalue weighted by atomic mass is 16.4. The van der Waals surface area contributed by atoms with Crippen LogP contribution in [0, 0.1) is 0 Å². The zero-order valence-corrected chi connectivity index (χ0v) is 6.22. The number of carbonyl (C=O) groups is 1. The van der Waals surface area contributed by atoms with Crippen molar-refractivity contribution in [3.05, 3.63) is 11.1 Å². The van der Waals surface area contributed by atoms with Crippen molar-refractivity contribution < 1.29 is 15.0 Å². The number of rotatable bonds is 3. The maximum absolute atomic E-state index is 10.4. The first-order valence-corrected chi connectivity index (χ1v) is 3.10. The Labute approximate surface area is 60.0 Å². The van der Waals surface area contributed by atoms with Gasteiger partial charge in [0.25, 0.3) is 0 Å². The van der Waals surface area contributed by atoms with Crippen molar-refractivity contribution in [2.45, 2.75) is 20.3 Å². The fraction of sp³-hybridized carbons (Fsp3) is 0.571. The minimum Gasteiger partial charge on any atom is -0.478 e. The topological polar surface area (TPSA) is 57.5 Å². The van der Waals surface area contributed by atoms with Crippen molar-refractivity contribution in [1.82, 2.24) is 0 Å². The molecule has 0 saturated carbocycles. The number of hydrogen-bond donors (Lipinski definition) is 2. The van der Waals surface area contributed by atoms with E-state index in [1.165, 1.54) is 0 Å². The van der Waals surface area contributed by atoms with Crippen molar-refractivity contribution in [3.63, 3.8) is 0 Å². The van der Waals surface area contributed by atoms with Gasteiger partial charge in [0.2, 0.25) is 0 Å². The zero-order valence-electron chi connectivity index (χ0n) is 6.22. The number of aliphatic hydroxyl groups is 1. The van der Waals surface area contributed by atoms with Gasteiger partial charge in [-0.2, -0.15) is 0 Å². The lowest BCUT2D eigenvalue weighted by Crippen LogP contribution is -2.04. The maximum Gasteiger partial charge on any atom is 0.331 e. The monoisotopic (exact) mass is 144 g/mol. The molecule has 58 valence electrons. The molecular formula is C7H12O3. The molecule has 10 heavy (non-hydrogen) atoms. The third-order valence-corrected chi connectivity index (χ3v) is 1.22. The molecule has 0 aliphatic rings. The molecule has 0 heterocycles. The zero-order chi connectivity index (χ0) is 8.15. The highest BCUT2D eigenvalue weighted by Gasteiger charge is 2.06. The van der Waals surface area contributed by atoms with Gasteiger partial charge in [-0.3, -0.25) is 0 Å². The van der Waals surface area contributed by atoms with Crippen molar-refractivity contribution in [2.75, 3.05) is 6.61 Å². The van der Waals surface area contributed by atoms with E-state index in [4.69, 9.17) is 10.2 Å². The summed E-state index contributed by atoms with van der Waals surface area (Å²) in [6.07, 6.45) is 0.234. The van der Waals surface area contributed by atoms with E-state index in [0.717, 1.165) is 5.57 Å². The number of allylic oxidation sites excluding steroid dienone is 1. The van der Waals surface area contributed by atoms with E-state index in [2.05, 4.69) is 0 Å². The molecule has 3 nitrogen and oxygen atoms in total. The Morgan fingerprint density at radius 3 is 2.00 bits per heavy atom. The number of carboxylic acids is 1. The second-order valence-electron chi connectivity index (χ2n) is 2.26. The average Bonchev–Trinajstić information content (AvgIpc) is 1.81. The molecule has 0 radical (unpaired) electrons. The first-order chi connectivity index (χ1) is 4.59. The van der Waals surface area contributed by atoms with E-state index < -0.39 is 5.97 Å². The second kappa shape index (κ2) is 4.06. The molecule has 0 aromatic carbocycles. The van der Waals surface area contributed by atoms with Crippen LogP contribution in [0.5, 0.6) is 0 Å². The predicted molar refractivity (Wildman–Crippen MR) is 37.7 cm³/mol. The Balaban J connectivity index is 4.28. The van der Waals surface area contributed by atoms with Crippen LogP contribution >= 0.6 is 0 Å². The van der Waals surface area contributed by atoms with Crippen LogP contribution in [-0.2, 0) is 4.79 Å². The SMILES string of the molecule is CC(C)=C(CCO)C(=O)O. The summed E-state index contributed by atoms with van der Waals surface area (Å²) in [7, 11) is 0. The molecule has 0 unspecified atom stereocenters. The minimum absolute atomic E-state index is 0.104. The minimum atomic E-state index is -0.936. The van der Waals surface area contributed by atoms with Gasteiger partial charge in [0, 0.05) is 18.6 Å². The number of aliphatic hydroxyl groups excluding tert-OH is 1. The number of aliphatic carboxylic acids is 1. The van der Waals surface area contributed by atoms with Crippen LogP contribution < -0.4 is 0 Å². The normalized spacial score (nSPS) is 9.10. The van der Waals surface area contributed by atoms with E-state index in [1.54, 1.807) is 13.8 Å². The number of carboxylic acid groups (broad SMARTS) is 1. The fourth-order valence-corrected chi connectivity index (χ4v) is 0.683. The van der Waals surface area contributed by atoms with Crippen LogP contribution in [0.1, 0.15) is 20.3 Å². The summed E-state index contributed by atoms with van der Waals surface area (Å²) >= 11 is 0. The van der Waals surface area contributed by atoms with Gasteiger partial charge in [-0.05, 0) is 13.8 Å². The summed E-state index contributed by atoms with van der Waals surface area (Å²) in [5.74, 6) is -0.936. The third-order valence-electron chi connectivity index (χ3n) is 1.22. The van der Waals surface area contributed by atoms with Crippen molar-refractivity contribution >= 4 is 5.97 Å². The molecule has 0 rings (SSSR count). The highest BCUT2D eigenvalue weighted by Crippen LogP contribution is 2.06. The summed E-state index contributed by atoms with van der Waals surface area (Å²) < 4.78 is 0. The van der Waals surface area contributed by atoms with Gasteiger partial charge in [-0.15, -0.1) is 0 Å². The quantitative estimate of drug-likeness (QED) is 0.576. The molecule has 0 aromatic heterocycles. The summed E-state index contributed by atoms with van der Waals surface area (Å²) in [6.45, 7) is 3.34. The molecule has 0 amide bonds. The average molecular weight is 144 g/mol. The third kappa shape index (κ3) is 2.64. The molecular weight excluding hydrogens is 132 g/mol. The van der Waals surface area contributed by atoms with Crippen LogP contribution in [-0.4, -0.2) is 22.8 Å². The molecule has 0 saturated heterocycles. The van der Waals surface area contributed by atoms with Crippen molar-refractivity contribution in [3.8, 4) is 0 Å². The van der Waals surface area contributed by atoms with Gasteiger partial charge >= 0.3 is 5.97 Å². The van der Waals surface area contributed by atoms with Crippen molar-refractivity contribution in [1.29, 1.82) is 0 Å². The molecule has 3 heteroatoms. The van der Waals surface area contributed by atoms with E-state index >= 15 is 0 Å². The summed E-state index contributed by atoms with van der Waals surface area (Å²) in [6, 6.07) is 0. The van der Waals surface area contributed by atoms with Crippen LogP contribution in [0.2, 0.25) is 0 Å². The summed E-state index contributed by atoms with van der Waals surface area (Å²) in [5.41, 5.74) is 1.06. The lowest BCUT2D eigenvalue weighted by molar-refractivity contribution is -0.133. The largest absolute Gasteiger partial charge is 0.478 e. The van der Waals surface area contributed by atoms with Gasteiger partial charge in [0.05, 0.1) is 0 Å². The predicted octanol–water partition coefficient (Wildman–Crippen LogP) is 0.790. The molecule has 0 fully saturated rings. The van der Waals surface area contributed by atoms with E-state index in [-0.39, 0.29) is 13.0 Å². The van der Waals surface area contributed by atoms with Crippen LogP contribution in [0.4, 0.5) is 0 Å². The lowest BCUT2D eigenvalue weighted by Gasteiger charge is -2.00. The van der Waals surface area contributed by atoms with Gasteiger partial charge < -0.3 is 10.2 Å². The molecule has 0 spiro atoms. The Kier molecular flexibility index (Phi) is 3.72. The van der Waals surface area contributed by atoms with Crippen LogP contribution in [0.15, 0.2) is 11.1 Å². The standard InChI is InChI=1S/C7H12O3/c1-5(2)6(3-4-8)7(9)10/h8H,3-4H2,1-2H3,(H,9,10). The molecule has 2 N–H and O–H groups in total. The highest BCUT2D eigenvalue weighted by molar-refractivity contribution is 5.87. The first kappa shape index (κ1) is 9.17. The van der Waals surface area contributed by atoms with E-state index in [1.807, 2.05) is 0 Å². The van der Waals surface area contributed by atoms with E-state index in [0.29, 0.717) is 5.57 Å². The maximum atomic E-state index is 10.4. The fourth-order valence-electron chi connectivity index (χ4n) is 0.683. The lowest BCUT2D eigenvalue weighted by atomic mass is 10.1. The second-order valence-corrected chi connectivity index (χ2v) is 2.26. The Morgan fingerprint density at radius 1 is 1.40 bits per heavy atom. The Bertz CT molecular complexity index is 154. The van der Waals surface area contributed by atoms with Gasteiger partial charge in [-0.25, -0.2) is 4.79 Å².